The molecule has 0 saturated heterocycles. The number of aromatic nitrogens is 1. The van der Waals surface area contributed by atoms with E-state index in [0.29, 0.717) is 5.15 Å². The Labute approximate surface area is 93.7 Å². The van der Waals surface area contributed by atoms with Crippen LogP contribution in [-0.4, -0.2) is 10.1 Å². The third-order valence-electron chi connectivity index (χ3n) is 1.78. The molecule has 1 heterocycles. The molecule has 0 atom stereocenters. The molecule has 4 heteroatoms. The Bertz CT molecular complexity index is 472. The number of hydrogen-bond donors (Lipinski definition) is 1. The molecule has 0 radical (unpaired) electrons. The summed E-state index contributed by atoms with van der Waals surface area (Å²) in [5.41, 5.74) is 0. The van der Waals surface area contributed by atoms with Crippen LogP contribution in [0.15, 0.2) is 24.4 Å². The molecule has 0 aliphatic carbocycles. The fourth-order valence-corrected chi connectivity index (χ4v) is 1.86. The highest BCUT2D eigenvalue weighted by molar-refractivity contribution is 14.1. The van der Waals surface area contributed by atoms with Gasteiger partial charge >= 0.3 is 0 Å². The summed E-state index contributed by atoms with van der Waals surface area (Å²) >= 11 is 8.06. The van der Waals surface area contributed by atoms with Crippen LogP contribution in [0.2, 0.25) is 5.15 Å². The molecule has 0 saturated carbocycles. The molecule has 13 heavy (non-hydrogen) atoms. The van der Waals surface area contributed by atoms with Crippen LogP contribution in [0, 0.1) is 3.57 Å². The van der Waals surface area contributed by atoms with Crippen LogP contribution in [0.5, 0.6) is 5.75 Å². The van der Waals surface area contributed by atoms with E-state index < -0.39 is 0 Å². The van der Waals surface area contributed by atoms with Gasteiger partial charge in [0.25, 0.3) is 0 Å². The molecule has 0 unspecified atom stereocenters. The predicted octanol–water partition coefficient (Wildman–Crippen LogP) is 3.20. The minimum Gasteiger partial charge on any atom is -0.506 e. The fourth-order valence-electron chi connectivity index (χ4n) is 1.17. The summed E-state index contributed by atoms with van der Waals surface area (Å²) in [5, 5.41) is 11.4. The highest BCUT2D eigenvalue weighted by Gasteiger charge is 2.04. The quantitative estimate of drug-likeness (QED) is 0.599. The summed E-state index contributed by atoms with van der Waals surface area (Å²) in [6.45, 7) is 0. The zero-order valence-corrected chi connectivity index (χ0v) is 9.37. The molecule has 2 aromatic rings. The van der Waals surface area contributed by atoms with Gasteiger partial charge in [-0.1, -0.05) is 11.6 Å². The van der Waals surface area contributed by atoms with Crippen LogP contribution in [0.25, 0.3) is 10.8 Å². The third-order valence-corrected chi connectivity index (χ3v) is 2.75. The number of benzene rings is 1. The highest BCUT2D eigenvalue weighted by Crippen LogP contribution is 2.29. The van der Waals surface area contributed by atoms with Crippen molar-refractivity contribution in [3.63, 3.8) is 0 Å². The Kier molecular flexibility index (Phi) is 2.29. The minimum absolute atomic E-state index is 0.163. The van der Waals surface area contributed by atoms with Gasteiger partial charge in [-0.15, -0.1) is 0 Å². The topological polar surface area (TPSA) is 33.1 Å². The maximum Gasteiger partial charge on any atom is 0.141 e. The number of aromatic hydroxyl groups is 1. The molecule has 2 rings (SSSR count). The first-order chi connectivity index (χ1) is 6.18. The van der Waals surface area contributed by atoms with Gasteiger partial charge in [-0.2, -0.15) is 0 Å². The van der Waals surface area contributed by atoms with Crippen molar-refractivity contribution >= 4 is 45.0 Å². The molecule has 2 nitrogen and oxygen atoms in total. The van der Waals surface area contributed by atoms with Crippen LogP contribution in [0.3, 0.4) is 0 Å². The molecular weight excluding hydrogens is 300 g/mol. The lowest BCUT2D eigenvalue weighted by molar-refractivity contribution is 0.479. The van der Waals surface area contributed by atoms with Crippen molar-refractivity contribution in [1.82, 2.24) is 4.98 Å². The number of halogens is 2. The summed E-state index contributed by atoms with van der Waals surface area (Å²) < 4.78 is 1.07. The second-order valence-electron chi connectivity index (χ2n) is 2.62. The van der Waals surface area contributed by atoms with Crippen molar-refractivity contribution in [3.05, 3.63) is 33.1 Å². The van der Waals surface area contributed by atoms with Gasteiger partial charge in [0.15, 0.2) is 0 Å². The van der Waals surface area contributed by atoms with Gasteiger partial charge in [0.1, 0.15) is 10.9 Å². The number of rotatable bonds is 0. The van der Waals surface area contributed by atoms with E-state index in [-0.39, 0.29) is 5.75 Å². The highest BCUT2D eigenvalue weighted by atomic mass is 127. The monoisotopic (exact) mass is 305 g/mol. The number of hydrogen-bond acceptors (Lipinski definition) is 2. The second-order valence-corrected chi connectivity index (χ2v) is 4.23. The van der Waals surface area contributed by atoms with Crippen LogP contribution >= 0.6 is 34.2 Å². The van der Waals surface area contributed by atoms with Crippen LogP contribution in [-0.2, 0) is 0 Å². The summed E-state index contributed by atoms with van der Waals surface area (Å²) in [6, 6.07) is 5.64. The van der Waals surface area contributed by atoms with Gasteiger partial charge in [0.05, 0.1) is 6.20 Å². The van der Waals surface area contributed by atoms with E-state index in [9.17, 15) is 5.11 Å². The molecule has 0 fully saturated rings. The summed E-state index contributed by atoms with van der Waals surface area (Å²) in [7, 11) is 0. The Balaban J connectivity index is 2.92. The van der Waals surface area contributed by atoms with Gasteiger partial charge in [0, 0.05) is 14.3 Å². The zero-order valence-electron chi connectivity index (χ0n) is 6.46. The normalized spacial score (nSPS) is 10.6. The largest absolute Gasteiger partial charge is 0.506 e. The maximum atomic E-state index is 9.46. The minimum atomic E-state index is 0.163. The predicted molar refractivity (Wildman–Crippen MR) is 61.1 cm³/mol. The summed E-state index contributed by atoms with van der Waals surface area (Å²) in [6.07, 6.45) is 1.36. The number of pyridine rings is 1. The van der Waals surface area contributed by atoms with Gasteiger partial charge in [-0.05, 0) is 40.8 Å². The van der Waals surface area contributed by atoms with Crippen LogP contribution in [0.1, 0.15) is 0 Å². The van der Waals surface area contributed by atoms with E-state index in [0.717, 1.165) is 14.3 Å². The molecule has 66 valence electrons. The van der Waals surface area contributed by atoms with Crippen molar-refractivity contribution in [2.24, 2.45) is 0 Å². The Hall–Kier alpha value is -0.550. The molecule has 0 aliphatic rings. The molecule has 1 N–H and O–H groups in total. The Morgan fingerprint density at radius 2 is 2.08 bits per heavy atom. The van der Waals surface area contributed by atoms with Gasteiger partial charge in [-0.3, -0.25) is 0 Å². The van der Waals surface area contributed by atoms with E-state index in [1.165, 1.54) is 6.20 Å². The maximum absolute atomic E-state index is 9.46. The van der Waals surface area contributed by atoms with Gasteiger partial charge < -0.3 is 5.11 Å². The van der Waals surface area contributed by atoms with E-state index in [2.05, 4.69) is 27.6 Å². The van der Waals surface area contributed by atoms with E-state index in [4.69, 9.17) is 11.6 Å². The summed E-state index contributed by atoms with van der Waals surface area (Å²) in [5.74, 6) is 0.163. The molecular formula is C9H5ClINO. The average molecular weight is 306 g/mol. The van der Waals surface area contributed by atoms with E-state index in [1.54, 1.807) is 0 Å². The van der Waals surface area contributed by atoms with Gasteiger partial charge in [-0.25, -0.2) is 4.98 Å². The van der Waals surface area contributed by atoms with Gasteiger partial charge in [0.2, 0.25) is 0 Å². The first kappa shape index (κ1) is 9.02. The molecule has 0 amide bonds. The Morgan fingerprint density at radius 3 is 2.85 bits per heavy atom. The summed E-state index contributed by atoms with van der Waals surface area (Å²) in [4.78, 5) is 3.86. The van der Waals surface area contributed by atoms with Crippen molar-refractivity contribution < 1.29 is 5.11 Å². The van der Waals surface area contributed by atoms with Crippen molar-refractivity contribution in [3.8, 4) is 5.75 Å². The first-order valence-electron chi connectivity index (χ1n) is 3.61. The lowest BCUT2D eigenvalue weighted by atomic mass is 10.2. The second kappa shape index (κ2) is 3.31. The van der Waals surface area contributed by atoms with Crippen molar-refractivity contribution in [2.45, 2.75) is 0 Å². The molecule has 1 aromatic carbocycles. The van der Waals surface area contributed by atoms with E-state index >= 15 is 0 Å². The molecule has 0 bridgehead atoms. The molecule has 0 spiro atoms. The standard InChI is InChI=1S/C9H5ClINO/c10-9-7-3-5(11)1-2-6(7)8(13)4-12-9/h1-4,13H. The number of nitrogens with zero attached hydrogens (tertiary/aromatic N) is 1. The van der Waals surface area contributed by atoms with Crippen LogP contribution in [0.4, 0.5) is 0 Å². The van der Waals surface area contributed by atoms with Crippen molar-refractivity contribution in [1.29, 1.82) is 0 Å². The van der Waals surface area contributed by atoms with E-state index in [1.807, 2.05) is 18.2 Å². The third kappa shape index (κ3) is 1.58. The number of fused-ring (bicyclic) bond motifs is 1. The lowest BCUT2D eigenvalue weighted by Crippen LogP contribution is -1.81. The van der Waals surface area contributed by atoms with Crippen LogP contribution < -0.4 is 0 Å². The SMILES string of the molecule is Oc1cnc(Cl)c2cc(I)ccc12. The molecule has 1 aromatic heterocycles. The first-order valence-corrected chi connectivity index (χ1v) is 5.07. The lowest BCUT2D eigenvalue weighted by Gasteiger charge is -2.02. The molecule has 0 aliphatic heterocycles. The smallest absolute Gasteiger partial charge is 0.141 e. The zero-order chi connectivity index (χ0) is 9.42. The average Bonchev–Trinajstić information content (AvgIpc) is 2.12. The van der Waals surface area contributed by atoms with Crippen molar-refractivity contribution in [2.75, 3.05) is 0 Å². The Morgan fingerprint density at radius 1 is 1.31 bits per heavy atom. The fraction of sp³-hybridized carbons (Fsp3) is 0.